The first kappa shape index (κ1) is 13.8. The maximum Gasteiger partial charge on any atom is 0.123 e. The summed E-state index contributed by atoms with van der Waals surface area (Å²) >= 11 is 5.97. The third-order valence-corrected chi connectivity index (χ3v) is 3.22. The standard InChI is InChI=1S/C15H16ClFN2/c1-19(10-11-3-2-4-13(16)7-11)15-6-5-14(17)8-12(15)9-18/h2-8H,9-10,18H2,1H3. The van der Waals surface area contributed by atoms with E-state index in [0.717, 1.165) is 16.8 Å². The van der Waals surface area contributed by atoms with E-state index in [1.807, 2.05) is 36.2 Å². The number of hydrogen-bond acceptors (Lipinski definition) is 2. The summed E-state index contributed by atoms with van der Waals surface area (Å²) in [6, 6.07) is 12.4. The zero-order valence-corrected chi connectivity index (χ0v) is 11.5. The van der Waals surface area contributed by atoms with E-state index in [9.17, 15) is 4.39 Å². The molecule has 2 aromatic rings. The fourth-order valence-electron chi connectivity index (χ4n) is 2.08. The largest absolute Gasteiger partial charge is 0.370 e. The van der Waals surface area contributed by atoms with Crippen molar-refractivity contribution in [3.63, 3.8) is 0 Å². The Morgan fingerprint density at radius 1 is 1.21 bits per heavy atom. The van der Waals surface area contributed by atoms with Crippen molar-refractivity contribution in [1.29, 1.82) is 0 Å². The Bertz CT molecular complexity index is 572. The lowest BCUT2D eigenvalue weighted by Gasteiger charge is -2.22. The van der Waals surface area contributed by atoms with Gasteiger partial charge in [0.05, 0.1) is 0 Å². The zero-order chi connectivity index (χ0) is 13.8. The molecule has 0 aromatic heterocycles. The molecule has 0 radical (unpaired) electrons. The van der Waals surface area contributed by atoms with Crippen LogP contribution in [0.2, 0.25) is 5.02 Å². The maximum atomic E-state index is 13.2. The minimum atomic E-state index is -0.264. The minimum absolute atomic E-state index is 0.264. The Kier molecular flexibility index (Phi) is 4.40. The van der Waals surface area contributed by atoms with Gasteiger partial charge in [-0.25, -0.2) is 4.39 Å². The van der Waals surface area contributed by atoms with Crippen LogP contribution in [0.15, 0.2) is 42.5 Å². The highest BCUT2D eigenvalue weighted by atomic mass is 35.5. The minimum Gasteiger partial charge on any atom is -0.370 e. The number of benzene rings is 2. The van der Waals surface area contributed by atoms with Crippen molar-refractivity contribution in [3.8, 4) is 0 Å². The molecular weight excluding hydrogens is 263 g/mol. The van der Waals surface area contributed by atoms with Crippen molar-refractivity contribution >= 4 is 17.3 Å². The normalized spacial score (nSPS) is 10.5. The molecule has 0 aliphatic carbocycles. The van der Waals surface area contributed by atoms with Crippen LogP contribution in [0.5, 0.6) is 0 Å². The van der Waals surface area contributed by atoms with Gasteiger partial charge in [0.15, 0.2) is 0 Å². The van der Waals surface area contributed by atoms with Crippen LogP contribution in [0.1, 0.15) is 11.1 Å². The van der Waals surface area contributed by atoms with E-state index in [0.29, 0.717) is 18.1 Å². The molecular formula is C15H16ClFN2. The van der Waals surface area contributed by atoms with Gasteiger partial charge < -0.3 is 10.6 Å². The molecule has 0 spiro atoms. The maximum absolute atomic E-state index is 13.2. The highest BCUT2D eigenvalue weighted by Crippen LogP contribution is 2.22. The molecule has 0 heterocycles. The second-order valence-electron chi connectivity index (χ2n) is 4.46. The van der Waals surface area contributed by atoms with Gasteiger partial charge in [0.25, 0.3) is 0 Å². The van der Waals surface area contributed by atoms with Crippen molar-refractivity contribution in [2.24, 2.45) is 5.73 Å². The lowest BCUT2D eigenvalue weighted by Crippen LogP contribution is -2.19. The van der Waals surface area contributed by atoms with Crippen molar-refractivity contribution < 1.29 is 4.39 Å². The van der Waals surface area contributed by atoms with E-state index in [1.165, 1.54) is 12.1 Å². The van der Waals surface area contributed by atoms with E-state index >= 15 is 0 Å². The lowest BCUT2D eigenvalue weighted by atomic mass is 10.1. The van der Waals surface area contributed by atoms with E-state index < -0.39 is 0 Å². The van der Waals surface area contributed by atoms with Crippen LogP contribution >= 0.6 is 11.6 Å². The first-order valence-corrected chi connectivity index (χ1v) is 6.42. The number of nitrogens with two attached hydrogens (primary N) is 1. The van der Waals surface area contributed by atoms with Gasteiger partial charge in [0.1, 0.15) is 5.82 Å². The molecule has 0 aliphatic heterocycles. The van der Waals surface area contributed by atoms with E-state index in [-0.39, 0.29) is 5.82 Å². The topological polar surface area (TPSA) is 29.3 Å². The van der Waals surface area contributed by atoms with Gasteiger partial charge in [-0.15, -0.1) is 0 Å². The molecule has 0 amide bonds. The van der Waals surface area contributed by atoms with Gasteiger partial charge in [-0.1, -0.05) is 23.7 Å². The second kappa shape index (κ2) is 6.04. The molecule has 2 nitrogen and oxygen atoms in total. The van der Waals surface area contributed by atoms with Crippen LogP contribution < -0.4 is 10.6 Å². The number of rotatable bonds is 4. The molecule has 0 saturated heterocycles. The number of hydrogen-bond donors (Lipinski definition) is 1. The quantitative estimate of drug-likeness (QED) is 0.926. The molecule has 2 rings (SSSR count). The molecule has 2 aromatic carbocycles. The second-order valence-corrected chi connectivity index (χ2v) is 4.90. The summed E-state index contributed by atoms with van der Waals surface area (Å²) in [5.74, 6) is -0.264. The molecule has 2 N–H and O–H groups in total. The highest BCUT2D eigenvalue weighted by Gasteiger charge is 2.08. The SMILES string of the molecule is CN(Cc1cccc(Cl)c1)c1ccc(F)cc1CN. The van der Waals surface area contributed by atoms with Crippen molar-refractivity contribution in [2.45, 2.75) is 13.1 Å². The summed E-state index contributed by atoms with van der Waals surface area (Å²) < 4.78 is 13.2. The Balaban J connectivity index is 2.22. The van der Waals surface area contributed by atoms with Crippen LogP contribution in [0, 0.1) is 5.82 Å². The smallest absolute Gasteiger partial charge is 0.123 e. The zero-order valence-electron chi connectivity index (χ0n) is 10.7. The van der Waals surface area contributed by atoms with Crippen LogP contribution in [-0.4, -0.2) is 7.05 Å². The van der Waals surface area contributed by atoms with E-state index in [4.69, 9.17) is 17.3 Å². The van der Waals surface area contributed by atoms with Crippen LogP contribution in [0.4, 0.5) is 10.1 Å². The van der Waals surface area contributed by atoms with Crippen LogP contribution in [-0.2, 0) is 13.1 Å². The molecule has 0 bridgehead atoms. The molecule has 0 saturated carbocycles. The molecule has 100 valence electrons. The first-order valence-electron chi connectivity index (χ1n) is 6.04. The predicted molar refractivity (Wildman–Crippen MR) is 77.9 cm³/mol. The molecule has 0 atom stereocenters. The van der Waals surface area contributed by atoms with E-state index in [1.54, 1.807) is 6.07 Å². The van der Waals surface area contributed by atoms with Crippen molar-refractivity contribution in [1.82, 2.24) is 0 Å². The van der Waals surface area contributed by atoms with Crippen molar-refractivity contribution in [2.75, 3.05) is 11.9 Å². The fourth-order valence-corrected chi connectivity index (χ4v) is 2.30. The summed E-state index contributed by atoms with van der Waals surface area (Å²) in [5.41, 5.74) is 8.49. The highest BCUT2D eigenvalue weighted by molar-refractivity contribution is 6.30. The fraction of sp³-hybridized carbons (Fsp3) is 0.200. The summed E-state index contributed by atoms with van der Waals surface area (Å²) in [5, 5.41) is 0.712. The molecule has 4 heteroatoms. The van der Waals surface area contributed by atoms with Gasteiger partial charge in [0.2, 0.25) is 0 Å². The summed E-state index contributed by atoms with van der Waals surface area (Å²) in [6.07, 6.45) is 0. The van der Waals surface area contributed by atoms with Crippen LogP contribution in [0.25, 0.3) is 0 Å². The summed E-state index contributed by atoms with van der Waals surface area (Å²) in [4.78, 5) is 2.04. The third kappa shape index (κ3) is 3.46. The number of nitrogens with zero attached hydrogens (tertiary/aromatic N) is 1. The van der Waals surface area contributed by atoms with Gasteiger partial charge in [-0.3, -0.25) is 0 Å². The molecule has 19 heavy (non-hydrogen) atoms. The first-order chi connectivity index (χ1) is 9.10. The Morgan fingerprint density at radius 2 is 2.00 bits per heavy atom. The molecule has 0 unspecified atom stereocenters. The van der Waals surface area contributed by atoms with Crippen molar-refractivity contribution in [3.05, 3.63) is 64.4 Å². The number of anilines is 1. The third-order valence-electron chi connectivity index (χ3n) is 2.98. The van der Waals surface area contributed by atoms with Crippen LogP contribution in [0.3, 0.4) is 0 Å². The lowest BCUT2D eigenvalue weighted by molar-refractivity contribution is 0.625. The monoisotopic (exact) mass is 278 g/mol. The average molecular weight is 279 g/mol. The van der Waals surface area contributed by atoms with Gasteiger partial charge >= 0.3 is 0 Å². The predicted octanol–water partition coefficient (Wildman–Crippen LogP) is 3.57. The average Bonchev–Trinajstić information content (AvgIpc) is 2.38. The Labute approximate surface area is 117 Å². The Hall–Kier alpha value is -1.58. The van der Waals surface area contributed by atoms with Gasteiger partial charge in [-0.2, -0.15) is 0 Å². The summed E-state index contributed by atoms with van der Waals surface area (Å²) in [6.45, 7) is 1.01. The Morgan fingerprint density at radius 3 is 2.68 bits per heavy atom. The summed E-state index contributed by atoms with van der Waals surface area (Å²) in [7, 11) is 1.95. The van der Waals surface area contributed by atoms with E-state index in [2.05, 4.69) is 0 Å². The number of halogens is 2. The molecule has 0 fully saturated rings. The van der Waals surface area contributed by atoms with Gasteiger partial charge in [0, 0.05) is 30.8 Å². The molecule has 0 aliphatic rings. The van der Waals surface area contributed by atoms with Gasteiger partial charge in [-0.05, 0) is 41.5 Å².